The van der Waals surface area contributed by atoms with Crippen LogP contribution >= 0.6 is 0 Å². The van der Waals surface area contributed by atoms with Crippen LogP contribution in [0, 0.1) is 39.4 Å². The standard InChI is InChI=1S/C26H42O5/c1-15(27)30-18-14-20-24(5)11-10-21(31-16(2)28)23(3,4)19(24)9-13-25(20,6)26(7)12-8-17(29)22(18)26/h17-22,29H,8-14H2,1-7H3/t17-,18+,19-,20+,21-,22-,24-,25+,26+/m0/s1. The Kier molecular flexibility index (Phi) is 5.36. The van der Waals surface area contributed by atoms with Gasteiger partial charge in [-0.3, -0.25) is 9.59 Å². The van der Waals surface area contributed by atoms with Gasteiger partial charge in [0, 0.05) is 25.2 Å². The Labute approximate surface area is 187 Å². The third-order valence-corrected chi connectivity index (χ3v) is 10.9. The van der Waals surface area contributed by atoms with E-state index in [1.54, 1.807) is 0 Å². The van der Waals surface area contributed by atoms with Crippen molar-refractivity contribution in [3.63, 3.8) is 0 Å². The molecule has 0 heterocycles. The van der Waals surface area contributed by atoms with Gasteiger partial charge in [0.2, 0.25) is 0 Å². The molecule has 0 aromatic heterocycles. The monoisotopic (exact) mass is 434 g/mol. The smallest absolute Gasteiger partial charge is 0.302 e. The van der Waals surface area contributed by atoms with E-state index in [4.69, 9.17) is 9.47 Å². The van der Waals surface area contributed by atoms with Gasteiger partial charge in [0.25, 0.3) is 0 Å². The van der Waals surface area contributed by atoms with E-state index in [0.29, 0.717) is 11.8 Å². The van der Waals surface area contributed by atoms with Crippen LogP contribution in [0.25, 0.3) is 0 Å². The second kappa shape index (κ2) is 7.20. The van der Waals surface area contributed by atoms with E-state index >= 15 is 0 Å². The lowest BCUT2D eigenvalue weighted by Gasteiger charge is -2.70. The quantitative estimate of drug-likeness (QED) is 0.627. The minimum absolute atomic E-state index is 0.0168. The lowest BCUT2D eigenvalue weighted by Crippen LogP contribution is -2.66. The molecule has 4 rings (SSSR count). The SMILES string of the molecule is CC(=O)O[C@H]1CC[C@]2(C)[C@H]3C[C@@H](OC(C)=O)[C@@H]4[C@@H](O)CC[C@@]4(C)[C@]3(C)CC[C@H]2C1(C)C. The molecule has 0 radical (unpaired) electrons. The molecular formula is C26H42O5. The van der Waals surface area contributed by atoms with E-state index in [2.05, 4.69) is 34.6 Å². The number of hydrogen-bond donors (Lipinski definition) is 1. The summed E-state index contributed by atoms with van der Waals surface area (Å²) >= 11 is 0. The summed E-state index contributed by atoms with van der Waals surface area (Å²) < 4.78 is 11.7. The molecule has 0 aromatic carbocycles. The summed E-state index contributed by atoms with van der Waals surface area (Å²) in [7, 11) is 0. The third kappa shape index (κ3) is 3.12. The molecule has 0 unspecified atom stereocenters. The van der Waals surface area contributed by atoms with Crippen LogP contribution in [-0.4, -0.2) is 35.4 Å². The van der Waals surface area contributed by atoms with Gasteiger partial charge in [0.15, 0.2) is 0 Å². The molecular weight excluding hydrogens is 392 g/mol. The minimum atomic E-state index is -0.395. The predicted octanol–water partition coefficient (Wildman–Crippen LogP) is 4.89. The number of carbonyl (C=O) groups is 2. The fraction of sp³-hybridized carbons (Fsp3) is 0.923. The van der Waals surface area contributed by atoms with Crippen molar-refractivity contribution in [1.82, 2.24) is 0 Å². The van der Waals surface area contributed by atoms with Gasteiger partial charge in [0.1, 0.15) is 12.2 Å². The number of aliphatic hydroxyl groups is 1. The van der Waals surface area contributed by atoms with Crippen molar-refractivity contribution in [2.75, 3.05) is 0 Å². The average molecular weight is 435 g/mol. The number of esters is 2. The zero-order valence-corrected chi connectivity index (χ0v) is 20.5. The van der Waals surface area contributed by atoms with Crippen molar-refractivity contribution in [2.24, 2.45) is 39.4 Å². The Hall–Kier alpha value is -1.10. The molecule has 0 aromatic rings. The van der Waals surface area contributed by atoms with Crippen molar-refractivity contribution < 1.29 is 24.2 Å². The second-order valence-corrected chi connectivity index (χ2v) is 12.5. The minimum Gasteiger partial charge on any atom is -0.462 e. The van der Waals surface area contributed by atoms with Crippen molar-refractivity contribution in [2.45, 2.75) is 112 Å². The molecule has 0 spiro atoms. The normalized spacial score (nSPS) is 50.6. The zero-order chi connectivity index (χ0) is 23.0. The highest BCUT2D eigenvalue weighted by Gasteiger charge is 2.71. The lowest BCUT2D eigenvalue weighted by atomic mass is 9.35. The molecule has 4 saturated carbocycles. The van der Waals surface area contributed by atoms with Gasteiger partial charge in [-0.25, -0.2) is 0 Å². The molecule has 0 saturated heterocycles. The maximum atomic E-state index is 12.0. The van der Waals surface area contributed by atoms with E-state index in [-0.39, 0.29) is 51.7 Å². The molecule has 0 amide bonds. The van der Waals surface area contributed by atoms with Gasteiger partial charge >= 0.3 is 11.9 Å². The van der Waals surface area contributed by atoms with Gasteiger partial charge in [-0.15, -0.1) is 0 Å². The van der Waals surface area contributed by atoms with Crippen molar-refractivity contribution in [3.05, 3.63) is 0 Å². The van der Waals surface area contributed by atoms with Crippen molar-refractivity contribution >= 4 is 11.9 Å². The summed E-state index contributed by atoms with van der Waals surface area (Å²) in [6, 6.07) is 0. The van der Waals surface area contributed by atoms with E-state index < -0.39 is 6.10 Å². The number of aliphatic hydroxyl groups excluding tert-OH is 1. The van der Waals surface area contributed by atoms with Crippen molar-refractivity contribution in [1.29, 1.82) is 0 Å². The summed E-state index contributed by atoms with van der Waals surface area (Å²) in [5.41, 5.74) is 0.0542. The molecule has 1 N–H and O–H groups in total. The maximum Gasteiger partial charge on any atom is 0.302 e. The average Bonchev–Trinajstić information content (AvgIpc) is 2.96. The Morgan fingerprint density at radius 1 is 0.806 bits per heavy atom. The molecule has 9 atom stereocenters. The highest BCUT2D eigenvalue weighted by atomic mass is 16.5. The number of rotatable bonds is 2. The molecule has 0 bridgehead atoms. The van der Waals surface area contributed by atoms with Crippen LogP contribution in [0.4, 0.5) is 0 Å². The predicted molar refractivity (Wildman–Crippen MR) is 118 cm³/mol. The van der Waals surface area contributed by atoms with Crippen molar-refractivity contribution in [3.8, 4) is 0 Å². The molecule has 31 heavy (non-hydrogen) atoms. The first-order valence-electron chi connectivity index (χ1n) is 12.3. The summed E-state index contributed by atoms with van der Waals surface area (Å²) in [5.74, 6) is 0.438. The van der Waals surface area contributed by atoms with E-state index in [1.165, 1.54) is 13.8 Å². The summed E-state index contributed by atoms with van der Waals surface area (Å²) in [6.07, 6.45) is 6.09. The van der Waals surface area contributed by atoms with E-state index in [0.717, 1.165) is 44.9 Å². The van der Waals surface area contributed by atoms with Crippen LogP contribution in [-0.2, 0) is 19.1 Å². The van der Waals surface area contributed by atoms with Crippen LogP contribution in [0.2, 0.25) is 0 Å². The zero-order valence-electron chi connectivity index (χ0n) is 20.5. The Balaban J connectivity index is 1.74. The topological polar surface area (TPSA) is 72.8 Å². The number of fused-ring (bicyclic) bond motifs is 5. The number of hydrogen-bond acceptors (Lipinski definition) is 5. The largest absolute Gasteiger partial charge is 0.462 e. The molecule has 176 valence electrons. The third-order valence-electron chi connectivity index (χ3n) is 10.9. The van der Waals surface area contributed by atoms with Gasteiger partial charge in [-0.1, -0.05) is 34.6 Å². The molecule has 4 fully saturated rings. The van der Waals surface area contributed by atoms with Gasteiger partial charge in [-0.05, 0) is 73.0 Å². The Morgan fingerprint density at radius 3 is 2.03 bits per heavy atom. The van der Waals surface area contributed by atoms with Crippen LogP contribution in [0.15, 0.2) is 0 Å². The van der Waals surface area contributed by atoms with Gasteiger partial charge < -0.3 is 14.6 Å². The van der Waals surface area contributed by atoms with E-state index in [9.17, 15) is 14.7 Å². The molecule has 5 heteroatoms. The molecule has 4 aliphatic carbocycles. The van der Waals surface area contributed by atoms with Crippen LogP contribution in [0.3, 0.4) is 0 Å². The Bertz CT molecular complexity index is 761. The summed E-state index contributed by atoms with van der Waals surface area (Å²) in [4.78, 5) is 23.8. The molecule has 5 nitrogen and oxygen atoms in total. The highest BCUT2D eigenvalue weighted by Crippen LogP contribution is 2.74. The van der Waals surface area contributed by atoms with Gasteiger partial charge in [0.05, 0.1) is 6.10 Å². The fourth-order valence-electron chi connectivity index (χ4n) is 9.41. The number of carbonyl (C=O) groups excluding carboxylic acids is 2. The molecule has 0 aliphatic heterocycles. The second-order valence-electron chi connectivity index (χ2n) is 12.5. The molecule has 4 aliphatic rings. The van der Waals surface area contributed by atoms with E-state index in [1.807, 2.05) is 0 Å². The lowest BCUT2D eigenvalue weighted by molar-refractivity contribution is -0.250. The Morgan fingerprint density at radius 2 is 1.42 bits per heavy atom. The number of ether oxygens (including phenoxy) is 2. The first-order valence-corrected chi connectivity index (χ1v) is 12.3. The first-order chi connectivity index (χ1) is 14.3. The van der Waals surface area contributed by atoms with Crippen LogP contribution < -0.4 is 0 Å². The highest BCUT2D eigenvalue weighted by molar-refractivity contribution is 5.66. The van der Waals surface area contributed by atoms with Crippen LogP contribution in [0.5, 0.6) is 0 Å². The summed E-state index contributed by atoms with van der Waals surface area (Å²) in [5, 5.41) is 10.9. The maximum absolute atomic E-state index is 12.0. The van der Waals surface area contributed by atoms with Gasteiger partial charge in [-0.2, -0.15) is 0 Å². The first kappa shape index (κ1) is 23.1. The van der Waals surface area contributed by atoms with Crippen LogP contribution in [0.1, 0.15) is 93.4 Å². The summed E-state index contributed by atoms with van der Waals surface area (Å²) in [6.45, 7) is 14.8. The fourth-order valence-corrected chi connectivity index (χ4v) is 9.41.